The number of nitrogens with one attached hydrogen (secondary N) is 2. The molecule has 4 rings (SSSR count). The van der Waals surface area contributed by atoms with Crippen molar-refractivity contribution in [3.63, 3.8) is 0 Å². The fourth-order valence-electron chi connectivity index (χ4n) is 3.44. The average Bonchev–Trinajstić information content (AvgIpc) is 3.72. The van der Waals surface area contributed by atoms with Gasteiger partial charge in [0, 0.05) is 38.4 Å². The van der Waals surface area contributed by atoms with Crippen LogP contribution in [0, 0.1) is 20.2 Å². The zero-order chi connectivity index (χ0) is 41.4. The summed E-state index contributed by atoms with van der Waals surface area (Å²) in [6.45, 7) is 0. The van der Waals surface area contributed by atoms with Crippen molar-refractivity contribution in [3.8, 4) is 23.3 Å². The summed E-state index contributed by atoms with van der Waals surface area (Å²) in [5.41, 5.74) is -7.68. The lowest BCUT2D eigenvalue weighted by molar-refractivity contribution is -0.386. The highest BCUT2D eigenvalue weighted by Gasteiger charge is 2.39. The van der Waals surface area contributed by atoms with Gasteiger partial charge in [-0.25, -0.2) is 14.6 Å². The van der Waals surface area contributed by atoms with Gasteiger partial charge in [0.15, 0.2) is 5.69 Å². The number of aromatic nitrogens is 4. The number of isocyanates is 1. The van der Waals surface area contributed by atoms with Crippen LogP contribution in [0.1, 0.15) is 22.5 Å². The van der Waals surface area contributed by atoms with Crippen molar-refractivity contribution in [1.82, 2.24) is 25.3 Å². The summed E-state index contributed by atoms with van der Waals surface area (Å²) in [4.78, 5) is 42.7. The van der Waals surface area contributed by atoms with Crippen molar-refractivity contribution in [2.45, 2.75) is 24.7 Å². The summed E-state index contributed by atoms with van der Waals surface area (Å²) in [5, 5.41) is 31.6. The Kier molecular flexibility index (Phi) is 13.5. The van der Waals surface area contributed by atoms with E-state index in [2.05, 4.69) is 15.2 Å². The minimum absolute atomic E-state index is 0.0920. The van der Waals surface area contributed by atoms with Crippen molar-refractivity contribution in [1.29, 1.82) is 0 Å². The molecule has 0 fully saturated rings. The van der Waals surface area contributed by atoms with Gasteiger partial charge < -0.3 is 14.8 Å². The number of aliphatic imine (C=N–C) groups is 1. The van der Waals surface area contributed by atoms with Gasteiger partial charge in [-0.05, 0) is 24.3 Å². The SMILES string of the molecule is CN=C=O.CNC(=O)n1nc(Oc2ccc(C(F)(F)F)cc2[N+](=O)[O-])cc1C(F)(F)F.O=[N+]([O-])c1cc(C(F)(F)F)ccc1Oc1cc(C(F)(F)F)[nH]n1. The lowest BCUT2D eigenvalue weighted by atomic mass is 10.2. The summed E-state index contributed by atoms with van der Waals surface area (Å²) >= 11 is 0. The first kappa shape index (κ1) is 43.4. The smallest absolute Gasteiger partial charge is 0.430 e. The van der Waals surface area contributed by atoms with Gasteiger partial charge in [-0.1, -0.05) is 0 Å². The molecule has 0 aliphatic rings. The van der Waals surface area contributed by atoms with Crippen LogP contribution in [-0.4, -0.2) is 56.0 Å². The Morgan fingerprint density at radius 3 is 1.56 bits per heavy atom. The molecular weight excluding hydrogens is 780 g/mol. The van der Waals surface area contributed by atoms with Crippen LogP contribution in [0.4, 0.5) is 68.9 Å². The van der Waals surface area contributed by atoms with E-state index in [0.29, 0.717) is 30.3 Å². The summed E-state index contributed by atoms with van der Waals surface area (Å²) in [6.07, 6.45) is -18.2. The molecule has 0 atom stereocenters. The van der Waals surface area contributed by atoms with Gasteiger partial charge >= 0.3 is 42.1 Å². The van der Waals surface area contributed by atoms with Crippen molar-refractivity contribution >= 4 is 23.5 Å². The molecule has 4 aromatic rings. The van der Waals surface area contributed by atoms with E-state index in [9.17, 15) is 77.7 Å². The van der Waals surface area contributed by atoms with Gasteiger partial charge in [0.1, 0.15) is 5.69 Å². The fourth-order valence-corrected chi connectivity index (χ4v) is 3.44. The van der Waals surface area contributed by atoms with E-state index in [1.807, 2.05) is 5.32 Å². The molecule has 0 saturated carbocycles. The van der Waals surface area contributed by atoms with Gasteiger partial charge in [-0.2, -0.15) is 57.4 Å². The molecular formula is C26H16F12N8O8. The van der Waals surface area contributed by atoms with Crippen LogP contribution in [0.15, 0.2) is 53.5 Å². The maximum Gasteiger partial charge on any atom is 0.433 e. The number of carbonyl (C=O) groups excluding carboxylic acids is 2. The number of hydrogen-bond donors (Lipinski definition) is 2. The fraction of sp³-hybridized carbons (Fsp3) is 0.231. The summed E-state index contributed by atoms with van der Waals surface area (Å²) in [6, 6.07) is 1.93. The highest BCUT2D eigenvalue weighted by molar-refractivity contribution is 5.76. The first-order valence-corrected chi connectivity index (χ1v) is 13.3. The van der Waals surface area contributed by atoms with Crippen molar-refractivity contribution in [3.05, 3.63) is 91.3 Å². The molecule has 1 amide bonds. The van der Waals surface area contributed by atoms with Crippen molar-refractivity contribution in [2.24, 2.45) is 4.99 Å². The second kappa shape index (κ2) is 16.7. The number of alkyl halides is 12. The highest BCUT2D eigenvalue weighted by Crippen LogP contribution is 2.40. The van der Waals surface area contributed by atoms with E-state index >= 15 is 0 Å². The monoisotopic (exact) mass is 796 g/mol. The quantitative estimate of drug-likeness (QED) is 0.0633. The van der Waals surface area contributed by atoms with E-state index in [4.69, 9.17) is 14.3 Å². The number of halogens is 12. The predicted octanol–water partition coefficient (Wildman–Crippen LogP) is 7.91. The molecule has 28 heteroatoms. The Labute approximate surface area is 289 Å². The molecule has 0 aliphatic carbocycles. The number of H-pyrrole nitrogens is 1. The number of ether oxygens (including phenoxy) is 2. The molecule has 2 N–H and O–H groups in total. The summed E-state index contributed by atoms with van der Waals surface area (Å²) < 4.78 is 161. The first-order chi connectivity index (χ1) is 24.7. The van der Waals surface area contributed by atoms with Crippen LogP contribution in [-0.2, 0) is 29.5 Å². The average molecular weight is 796 g/mol. The van der Waals surface area contributed by atoms with Gasteiger partial charge in [-0.3, -0.25) is 25.3 Å². The molecule has 0 spiro atoms. The lowest BCUT2D eigenvalue weighted by Gasteiger charge is -2.08. The third-order valence-corrected chi connectivity index (χ3v) is 5.73. The second-order valence-electron chi connectivity index (χ2n) is 9.34. The topological polar surface area (TPSA) is 210 Å². The maximum absolute atomic E-state index is 13.0. The largest absolute Gasteiger partial charge is 0.433 e. The number of rotatable bonds is 6. The maximum atomic E-state index is 13.0. The van der Waals surface area contributed by atoms with Crippen LogP contribution in [0.25, 0.3) is 0 Å². The number of nitro groups is 2. The Morgan fingerprint density at radius 2 is 1.22 bits per heavy atom. The standard InChI is InChI=1S/C13H8F6N4O4.C11H5F6N3O3.C2H3NO/c1-20-11(24)22-9(13(17,18)19)5-10(21-22)27-8-3-2-6(12(14,15)16)4-7(8)23(25)26;12-10(13,14)5-1-2-7(6(3-5)20(21)22)23-9-4-8(18-19-9)11(15,16)17;1-3-2-4/h2-5H,1H3,(H,20,24);1-4H,(H,18,19);1H3. The van der Waals surface area contributed by atoms with Crippen LogP contribution in [0.5, 0.6) is 23.3 Å². The van der Waals surface area contributed by atoms with Gasteiger partial charge in [0.2, 0.25) is 29.3 Å². The predicted molar refractivity (Wildman–Crippen MR) is 151 cm³/mol. The van der Waals surface area contributed by atoms with E-state index < -0.39 is 97.7 Å². The van der Waals surface area contributed by atoms with Crippen LogP contribution in [0.2, 0.25) is 0 Å². The minimum Gasteiger partial charge on any atom is -0.430 e. The summed E-state index contributed by atoms with van der Waals surface area (Å²) in [7, 11) is 2.42. The van der Waals surface area contributed by atoms with Gasteiger partial charge in [0.05, 0.1) is 21.0 Å². The van der Waals surface area contributed by atoms with E-state index in [1.54, 1.807) is 5.10 Å². The van der Waals surface area contributed by atoms with Crippen molar-refractivity contribution < 1.29 is 81.6 Å². The molecule has 292 valence electrons. The number of nitro benzene ring substituents is 2. The molecule has 2 heterocycles. The zero-order valence-electron chi connectivity index (χ0n) is 26.1. The number of amides is 1. The second-order valence-corrected chi connectivity index (χ2v) is 9.34. The molecule has 2 aromatic heterocycles. The van der Waals surface area contributed by atoms with E-state index in [0.717, 1.165) is 7.05 Å². The summed E-state index contributed by atoms with van der Waals surface area (Å²) in [5.74, 6) is -3.03. The number of nitrogens with zero attached hydrogens (tertiary/aromatic N) is 6. The molecule has 0 unspecified atom stereocenters. The molecule has 54 heavy (non-hydrogen) atoms. The van der Waals surface area contributed by atoms with Crippen LogP contribution >= 0.6 is 0 Å². The Hall–Kier alpha value is -6.73. The Balaban J connectivity index is 0.000000343. The highest BCUT2D eigenvalue weighted by atomic mass is 19.4. The lowest BCUT2D eigenvalue weighted by Crippen LogP contribution is -2.29. The number of hydrogen-bond acceptors (Lipinski definition) is 11. The van der Waals surface area contributed by atoms with E-state index in [-0.39, 0.29) is 22.9 Å². The van der Waals surface area contributed by atoms with Crippen molar-refractivity contribution in [2.75, 3.05) is 14.1 Å². The third kappa shape index (κ3) is 11.6. The molecule has 0 aliphatic heterocycles. The van der Waals surface area contributed by atoms with Crippen LogP contribution in [0.3, 0.4) is 0 Å². The Bertz CT molecular complexity index is 2030. The molecule has 0 saturated heterocycles. The molecule has 16 nitrogen and oxygen atoms in total. The normalized spacial score (nSPS) is 11.5. The third-order valence-electron chi connectivity index (χ3n) is 5.73. The van der Waals surface area contributed by atoms with Crippen LogP contribution < -0.4 is 14.8 Å². The molecule has 0 bridgehead atoms. The van der Waals surface area contributed by atoms with Gasteiger partial charge in [0.25, 0.3) is 0 Å². The van der Waals surface area contributed by atoms with Gasteiger partial charge in [-0.15, -0.1) is 10.2 Å². The number of benzene rings is 2. The van der Waals surface area contributed by atoms with E-state index in [1.165, 1.54) is 13.1 Å². The zero-order valence-corrected chi connectivity index (χ0v) is 26.1. The Morgan fingerprint density at radius 1 is 0.778 bits per heavy atom. The molecule has 2 aromatic carbocycles. The number of aromatic amines is 1. The first-order valence-electron chi connectivity index (χ1n) is 13.3. The minimum atomic E-state index is -5.02. The number of carbonyl (C=O) groups is 1. The molecule has 0 radical (unpaired) electrons.